The van der Waals surface area contributed by atoms with E-state index >= 15 is 0 Å². The van der Waals surface area contributed by atoms with Crippen molar-refractivity contribution in [3.63, 3.8) is 0 Å². The Hall–Kier alpha value is -2.10. The van der Waals surface area contributed by atoms with Crippen molar-refractivity contribution in [2.45, 2.75) is 10.9 Å². The molecule has 1 fully saturated rings. The number of anilines is 1. The fourth-order valence-electron chi connectivity index (χ4n) is 3.11. The van der Waals surface area contributed by atoms with Gasteiger partial charge in [0.25, 0.3) is 0 Å². The molecule has 0 aliphatic carbocycles. The number of aromatic nitrogens is 3. The molecule has 2 heterocycles. The lowest BCUT2D eigenvalue weighted by atomic mass is 10.2. The van der Waals surface area contributed by atoms with Gasteiger partial charge in [-0.3, -0.25) is 4.57 Å². The Bertz CT molecular complexity index is 994. The van der Waals surface area contributed by atoms with E-state index in [1.807, 2.05) is 28.8 Å². The van der Waals surface area contributed by atoms with Gasteiger partial charge in [0.1, 0.15) is 11.6 Å². The maximum Gasteiger partial charge on any atom is 0.232 e. The van der Waals surface area contributed by atoms with Gasteiger partial charge in [0.2, 0.25) is 5.95 Å². The van der Waals surface area contributed by atoms with Crippen LogP contribution in [0.1, 0.15) is 5.56 Å². The van der Waals surface area contributed by atoms with Gasteiger partial charge in [-0.05, 0) is 51.8 Å². The van der Waals surface area contributed by atoms with Crippen molar-refractivity contribution in [3.8, 4) is 11.4 Å². The standard InChI is InChI=1S/C20H20BrFN4O2S/c1-27-18-6-5-14(11-17(18)21)13-29-20-24-23-19(25-7-9-28-10-8-25)26(20)16-4-2-3-15(22)12-16/h2-6,11-12H,7-10,13H2,1H3. The Morgan fingerprint density at radius 2 is 2.00 bits per heavy atom. The van der Waals surface area contributed by atoms with Gasteiger partial charge in [0.15, 0.2) is 5.16 Å². The number of nitrogens with zero attached hydrogens (tertiary/aromatic N) is 4. The first-order valence-electron chi connectivity index (χ1n) is 9.15. The molecule has 1 aliphatic rings. The third kappa shape index (κ3) is 4.57. The molecule has 0 saturated carbocycles. The zero-order valence-electron chi connectivity index (χ0n) is 15.8. The summed E-state index contributed by atoms with van der Waals surface area (Å²) in [7, 11) is 1.64. The number of ether oxygens (including phenoxy) is 2. The van der Waals surface area contributed by atoms with Crippen LogP contribution in [0.2, 0.25) is 0 Å². The van der Waals surface area contributed by atoms with Crippen LogP contribution in [0.25, 0.3) is 5.69 Å². The van der Waals surface area contributed by atoms with Crippen molar-refractivity contribution >= 4 is 33.6 Å². The van der Waals surface area contributed by atoms with Gasteiger partial charge in [-0.2, -0.15) is 0 Å². The van der Waals surface area contributed by atoms with Crippen LogP contribution < -0.4 is 9.64 Å². The first-order valence-corrected chi connectivity index (χ1v) is 10.9. The number of thioether (sulfide) groups is 1. The van der Waals surface area contributed by atoms with E-state index in [4.69, 9.17) is 9.47 Å². The number of hydrogen-bond donors (Lipinski definition) is 0. The van der Waals surface area contributed by atoms with E-state index in [-0.39, 0.29) is 5.82 Å². The molecule has 0 radical (unpaired) electrons. The molecule has 0 unspecified atom stereocenters. The van der Waals surface area contributed by atoms with Crippen LogP contribution in [-0.2, 0) is 10.5 Å². The molecule has 1 aliphatic heterocycles. The summed E-state index contributed by atoms with van der Waals surface area (Å²) in [6.07, 6.45) is 0. The van der Waals surface area contributed by atoms with Gasteiger partial charge >= 0.3 is 0 Å². The van der Waals surface area contributed by atoms with Gasteiger partial charge in [-0.1, -0.05) is 23.9 Å². The summed E-state index contributed by atoms with van der Waals surface area (Å²) in [5.74, 6) is 1.90. The Balaban J connectivity index is 1.64. The van der Waals surface area contributed by atoms with Crippen molar-refractivity contribution in [1.29, 1.82) is 0 Å². The van der Waals surface area contributed by atoms with E-state index in [0.29, 0.717) is 35.8 Å². The van der Waals surface area contributed by atoms with E-state index in [2.05, 4.69) is 31.0 Å². The van der Waals surface area contributed by atoms with Gasteiger partial charge < -0.3 is 14.4 Å². The van der Waals surface area contributed by atoms with E-state index in [1.165, 1.54) is 12.1 Å². The lowest BCUT2D eigenvalue weighted by Crippen LogP contribution is -2.37. The number of methoxy groups -OCH3 is 1. The summed E-state index contributed by atoms with van der Waals surface area (Å²) in [6.45, 7) is 2.73. The van der Waals surface area contributed by atoms with Crippen LogP contribution in [0.5, 0.6) is 5.75 Å². The molecule has 29 heavy (non-hydrogen) atoms. The van der Waals surface area contributed by atoms with Crippen LogP contribution in [-0.4, -0.2) is 48.2 Å². The second-order valence-corrected chi connectivity index (χ2v) is 8.25. The molecule has 1 aromatic heterocycles. The Kier molecular flexibility index (Phi) is 6.37. The Morgan fingerprint density at radius 1 is 1.17 bits per heavy atom. The fraction of sp³-hybridized carbons (Fsp3) is 0.300. The maximum absolute atomic E-state index is 13.9. The van der Waals surface area contributed by atoms with Crippen LogP contribution >= 0.6 is 27.7 Å². The monoisotopic (exact) mass is 478 g/mol. The first kappa shape index (κ1) is 20.2. The predicted octanol–water partition coefficient (Wildman–Crippen LogP) is 4.31. The molecule has 3 aromatic rings. The molecule has 2 aromatic carbocycles. The van der Waals surface area contributed by atoms with Gasteiger partial charge in [-0.15, -0.1) is 10.2 Å². The van der Waals surface area contributed by atoms with Crippen LogP contribution in [0.3, 0.4) is 0 Å². The molecule has 1 saturated heterocycles. The van der Waals surface area contributed by atoms with Crippen LogP contribution in [0, 0.1) is 5.82 Å². The van der Waals surface area contributed by atoms with E-state index < -0.39 is 0 Å². The van der Waals surface area contributed by atoms with Gasteiger partial charge in [0, 0.05) is 18.8 Å². The summed E-state index contributed by atoms with van der Waals surface area (Å²) in [5, 5.41) is 9.53. The average molecular weight is 479 g/mol. The molecule has 0 bridgehead atoms. The Morgan fingerprint density at radius 3 is 2.72 bits per heavy atom. The molecule has 4 rings (SSSR count). The topological polar surface area (TPSA) is 52.4 Å². The number of benzene rings is 2. The molecule has 0 N–H and O–H groups in total. The number of morpholine rings is 1. The lowest BCUT2D eigenvalue weighted by Gasteiger charge is -2.27. The second-order valence-electron chi connectivity index (χ2n) is 6.45. The summed E-state index contributed by atoms with van der Waals surface area (Å²) < 4.78 is 27.5. The molecular weight excluding hydrogens is 459 g/mol. The zero-order chi connectivity index (χ0) is 20.2. The highest BCUT2D eigenvalue weighted by Crippen LogP contribution is 2.32. The summed E-state index contributed by atoms with van der Waals surface area (Å²) in [6, 6.07) is 12.5. The summed E-state index contributed by atoms with van der Waals surface area (Å²) >= 11 is 5.08. The van der Waals surface area contributed by atoms with Crippen molar-refractivity contribution in [1.82, 2.24) is 14.8 Å². The highest BCUT2D eigenvalue weighted by atomic mass is 79.9. The number of rotatable bonds is 6. The van der Waals surface area contributed by atoms with Crippen LogP contribution in [0.4, 0.5) is 10.3 Å². The summed E-state index contributed by atoms with van der Waals surface area (Å²) in [4.78, 5) is 2.12. The lowest BCUT2D eigenvalue weighted by molar-refractivity contribution is 0.122. The minimum absolute atomic E-state index is 0.292. The normalized spacial score (nSPS) is 14.2. The van der Waals surface area contributed by atoms with E-state index in [9.17, 15) is 4.39 Å². The third-order valence-electron chi connectivity index (χ3n) is 4.56. The molecule has 6 nitrogen and oxygen atoms in total. The van der Waals surface area contributed by atoms with Gasteiger partial charge in [0.05, 0.1) is 30.5 Å². The van der Waals surface area contributed by atoms with E-state index in [0.717, 1.165) is 28.9 Å². The van der Waals surface area contributed by atoms with Gasteiger partial charge in [-0.25, -0.2) is 4.39 Å². The summed E-state index contributed by atoms with van der Waals surface area (Å²) in [5.41, 5.74) is 1.82. The van der Waals surface area contributed by atoms with E-state index in [1.54, 1.807) is 24.9 Å². The number of halogens is 2. The molecule has 0 atom stereocenters. The molecule has 0 spiro atoms. The van der Waals surface area contributed by atoms with Crippen molar-refractivity contribution in [3.05, 3.63) is 58.3 Å². The Labute approximate surface area is 181 Å². The second kappa shape index (κ2) is 9.15. The molecule has 152 valence electrons. The third-order valence-corrected chi connectivity index (χ3v) is 6.18. The SMILES string of the molecule is COc1ccc(CSc2nnc(N3CCOCC3)n2-c2cccc(F)c2)cc1Br. The number of hydrogen-bond acceptors (Lipinski definition) is 6. The van der Waals surface area contributed by atoms with Crippen molar-refractivity contribution in [2.24, 2.45) is 0 Å². The van der Waals surface area contributed by atoms with Crippen molar-refractivity contribution in [2.75, 3.05) is 38.3 Å². The highest BCUT2D eigenvalue weighted by Gasteiger charge is 2.22. The fourth-order valence-corrected chi connectivity index (χ4v) is 4.59. The smallest absolute Gasteiger partial charge is 0.232 e. The quantitative estimate of drug-likeness (QED) is 0.492. The maximum atomic E-state index is 13.9. The first-order chi connectivity index (χ1) is 14.2. The molecule has 9 heteroatoms. The molecular formula is C20H20BrFN4O2S. The predicted molar refractivity (Wildman–Crippen MR) is 115 cm³/mol. The van der Waals surface area contributed by atoms with Crippen molar-refractivity contribution < 1.29 is 13.9 Å². The minimum atomic E-state index is -0.292. The minimum Gasteiger partial charge on any atom is -0.496 e. The van der Waals surface area contributed by atoms with Crippen LogP contribution in [0.15, 0.2) is 52.1 Å². The molecule has 0 amide bonds. The highest BCUT2D eigenvalue weighted by molar-refractivity contribution is 9.10. The average Bonchev–Trinajstić information content (AvgIpc) is 3.17. The zero-order valence-corrected chi connectivity index (χ0v) is 18.2. The largest absolute Gasteiger partial charge is 0.496 e.